The number of aromatic nitrogens is 2. The zero-order valence-corrected chi connectivity index (χ0v) is 11.9. The number of hydrogen-bond acceptors (Lipinski definition) is 4. The van der Waals surface area contributed by atoms with E-state index in [1.54, 1.807) is 0 Å². The molecule has 0 saturated carbocycles. The van der Waals surface area contributed by atoms with Gasteiger partial charge in [0.05, 0.1) is 0 Å². The number of rotatable bonds is 2. The van der Waals surface area contributed by atoms with Gasteiger partial charge in [-0.05, 0) is 30.2 Å². The van der Waals surface area contributed by atoms with Crippen LogP contribution in [0.4, 0.5) is 11.8 Å². The van der Waals surface area contributed by atoms with Crippen LogP contribution in [0, 0.1) is 11.3 Å². The van der Waals surface area contributed by atoms with Crippen LogP contribution in [0.15, 0.2) is 12.3 Å². The molecule has 4 nitrogen and oxygen atoms in total. The Labute approximate surface area is 110 Å². The van der Waals surface area contributed by atoms with Crippen molar-refractivity contribution in [3.8, 4) is 0 Å². The molecule has 2 rings (SSSR count). The molecule has 100 valence electrons. The van der Waals surface area contributed by atoms with Crippen molar-refractivity contribution in [2.75, 3.05) is 30.4 Å². The van der Waals surface area contributed by atoms with Crippen LogP contribution in [-0.4, -0.2) is 30.1 Å². The molecule has 18 heavy (non-hydrogen) atoms. The molecule has 2 heterocycles. The maximum atomic E-state index is 4.51. The minimum absolute atomic E-state index is 0.425. The largest absolute Gasteiger partial charge is 0.357 e. The van der Waals surface area contributed by atoms with Crippen LogP contribution in [0.5, 0.6) is 0 Å². The van der Waals surface area contributed by atoms with E-state index in [-0.39, 0.29) is 0 Å². The predicted octanol–water partition coefficient (Wildman–Crippen LogP) is 2.78. The third kappa shape index (κ3) is 2.92. The Bertz CT molecular complexity index is 389. The molecule has 1 aromatic rings. The third-order valence-corrected chi connectivity index (χ3v) is 3.91. The molecule has 0 atom stereocenters. The summed E-state index contributed by atoms with van der Waals surface area (Å²) >= 11 is 0. The molecule has 4 heteroatoms. The van der Waals surface area contributed by atoms with E-state index in [9.17, 15) is 0 Å². The first-order valence-electron chi connectivity index (χ1n) is 6.76. The summed E-state index contributed by atoms with van der Waals surface area (Å²) in [4.78, 5) is 11.0. The van der Waals surface area contributed by atoms with Gasteiger partial charge in [-0.3, -0.25) is 0 Å². The second-order valence-electron chi connectivity index (χ2n) is 6.12. The summed E-state index contributed by atoms with van der Waals surface area (Å²) in [6.45, 7) is 9.23. The minimum atomic E-state index is 0.425. The summed E-state index contributed by atoms with van der Waals surface area (Å²) in [5.74, 6) is 2.56. The SMILES string of the molecule is CNc1nccc(N2CCC(C(C)(C)C)CC2)n1. The number of nitrogens with zero attached hydrogens (tertiary/aromatic N) is 3. The highest BCUT2D eigenvalue weighted by Gasteiger charge is 2.29. The highest BCUT2D eigenvalue weighted by atomic mass is 15.2. The van der Waals surface area contributed by atoms with Gasteiger partial charge in [0.2, 0.25) is 5.95 Å². The quantitative estimate of drug-likeness (QED) is 0.873. The Kier molecular flexibility index (Phi) is 3.73. The molecule has 1 fully saturated rings. The Balaban J connectivity index is 2.01. The fraction of sp³-hybridized carbons (Fsp3) is 0.714. The van der Waals surface area contributed by atoms with E-state index in [0.29, 0.717) is 11.4 Å². The number of anilines is 2. The van der Waals surface area contributed by atoms with Gasteiger partial charge in [-0.1, -0.05) is 20.8 Å². The van der Waals surface area contributed by atoms with E-state index in [1.165, 1.54) is 12.8 Å². The molecular formula is C14H24N4. The smallest absolute Gasteiger partial charge is 0.224 e. The lowest BCUT2D eigenvalue weighted by atomic mass is 9.75. The van der Waals surface area contributed by atoms with Gasteiger partial charge in [-0.25, -0.2) is 4.98 Å². The molecule has 0 unspecified atom stereocenters. The Hall–Kier alpha value is -1.32. The molecule has 1 saturated heterocycles. The Morgan fingerprint density at radius 1 is 1.28 bits per heavy atom. The average Bonchev–Trinajstić information content (AvgIpc) is 2.38. The van der Waals surface area contributed by atoms with Crippen molar-refractivity contribution in [1.29, 1.82) is 0 Å². The van der Waals surface area contributed by atoms with Crippen LogP contribution in [-0.2, 0) is 0 Å². The minimum Gasteiger partial charge on any atom is -0.357 e. The third-order valence-electron chi connectivity index (χ3n) is 3.91. The molecular weight excluding hydrogens is 224 g/mol. The second kappa shape index (κ2) is 5.12. The summed E-state index contributed by atoms with van der Waals surface area (Å²) in [5.41, 5.74) is 0.425. The van der Waals surface area contributed by atoms with Crippen LogP contribution in [0.3, 0.4) is 0 Å². The molecule has 1 aromatic heterocycles. The topological polar surface area (TPSA) is 41.1 Å². The number of hydrogen-bond donors (Lipinski definition) is 1. The van der Waals surface area contributed by atoms with E-state index in [0.717, 1.165) is 24.8 Å². The molecule has 0 bridgehead atoms. The lowest BCUT2D eigenvalue weighted by Gasteiger charge is -2.39. The molecule has 1 N–H and O–H groups in total. The van der Waals surface area contributed by atoms with Crippen molar-refractivity contribution in [1.82, 2.24) is 9.97 Å². The maximum absolute atomic E-state index is 4.51. The Morgan fingerprint density at radius 3 is 2.50 bits per heavy atom. The monoisotopic (exact) mass is 248 g/mol. The molecule has 1 aliphatic heterocycles. The highest BCUT2D eigenvalue weighted by molar-refractivity contribution is 5.42. The summed E-state index contributed by atoms with van der Waals surface area (Å²) in [5, 5.41) is 2.99. The zero-order chi connectivity index (χ0) is 13.2. The van der Waals surface area contributed by atoms with Crippen LogP contribution in [0.25, 0.3) is 0 Å². The van der Waals surface area contributed by atoms with E-state index in [4.69, 9.17) is 0 Å². The first-order chi connectivity index (χ1) is 8.50. The first kappa shape index (κ1) is 13.1. The molecule has 0 spiro atoms. The lowest BCUT2D eigenvalue weighted by molar-refractivity contribution is 0.198. The summed E-state index contributed by atoms with van der Waals surface area (Å²) < 4.78 is 0. The van der Waals surface area contributed by atoms with E-state index < -0.39 is 0 Å². The Morgan fingerprint density at radius 2 is 1.94 bits per heavy atom. The lowest BCUT2D eigenvalue weighted by Crippen LogP contribution is -2.38. The van der Waals surface area contributed by atoms with Crippen LogP contribution < -0.4 is 10.2 Å². The van der Waals surface area contributed by atoms with Crippen molar-refractivity contribution in [3.05, 3.63) is 12.3 Å². The molecule has 1 aliphatic rings. The van der Waals surface area contributed by atoms with Gasteiger partial charge in [0.15, 0.2) is 0 Å². The van der Waals surface area contributed by atoms with E-state index in [2.05, 4.69) is 41.0 Å². The van der Waals surface area contributed by atoms with Crippen LogP contribution in [0.1, 0.15) is 33.6 Å². The van der Waals surface area contributed by atoms with E-state index in [1.807, 2.05) is 19.3 Å². The van der Waals surface area contributed by atoms with Gasteiger partial charge in [-0.2, -0.15) is 4.98 Å². The van der Waals surface area contributed by atoms with Crippen molar-refractivity contribution in [2.24, 2.45) is 11.3 Å². The summed E-state index contributed by atoms with van der Waals surface area (Å²) in [6, 6.07) is 2.00. The zero-order valence-electron chi connectivity index (χ0n) is 11.9. The maximum Gasteiger partial charge on any atom is 0.224 e. The van der Waals surface area contributed by atoms with Crippen LogP contribution in [0.2, 0.25) is 0 Å². The number of piperidine rings is 1. The molecule has 0 amide bonds. The fourth-order valence-electron chi connectivity index (χ4n) is 2.62. The van der Waals surface area contributed by atoms with Gasteiger partial charge >= 0.3 is 0 Å². The van der Waals surface area contributed by atoms with Crippen LogP contribution >= 0.6 is 0 Å². The fourth-order valence-corrected chi connectivity index (χ4v) is 2.62. The van der Waals surface area contributed by atoms with Crippen molar-refractivity contribution in [2.45, 2.75) is 33.6 Å². The van der Waals surface area contributed by atoms with Crippen molar-refractivity contribution >= 4 is 11.8 Å². The number of nitrogens with one attached hydrogen (secondary N) is 1. The average molecular weight is 248 g/mol. The molecule has 0 aromatic carbocycles. The van der Waals surface area contributed by atoms with Gasteiger partial charge in [0, 0.05) is 26.3 Å². The predicted molar refractivity (Wildman–Crippen MR) is 76.0 cm³/mol. The van der Waals surface area contributed by atoms with Crippen molar-refractivity contribution in [3.63, 3.8) is 0 Å². The normalized spacial score (nSPS) is 17.9. The molecule has 0 aliphatic carbocycles. The van der Waals surface area contributed by atoms with E-state index >= 15 is 0 Å². The second-order valence-corrected chi connectivity index (χ2v) is 6.12. The van der Waals surface area contributed by atoms with Crippen molar-refractivity contribution < 1.29 is 0 Å². The van der Waals surface area contributed by atoms with Gasteiger partial charge < -0.3 is 10.2 Å². The molecule has 0 radical (unpaired) electrons. The van der Waals surface area contributed by atoms with Gasteiger partial charge in [0.25, 0.3) is 0 Å². The first-order valence-corrected chi connectivity index (χ1v) is 6.76. The van der Waals surface area contributed by atoms with Gasteiger partial charge in [0.1, 0.15) is 5.82 Å². The summed E-state index contributed by atoms with van der Waals surface area (Å²) in [7, 11) is 1.85. The summed E-state index contributed by atoms with van der Waals surface area (Å²) in [6.07, 6.45) is 4.33. The standard InChI is InChI=1S/C14H24N4/c1-14(2,3)11-6-9-18(10-7-11)12-5-8-16-13(15-4)17-12/h5,8,11H,6-7,9-10H2,1-4H3,(H,15,16,17). The van der Waals surface area contributed by atoms with Gasteiger partial charge in [-0.15, -0.1) is 0 Å². The highest BCUT2D eigenvalue weighted by Crippen LogP contribution is 2.35.